The summed E-state index contributed by atoms with van der Waals surface area (Å²) in [5.41, 5.74) is 4.59. The minimum absolute atomic E-state index is 0.0944. The van der Waals surface area contributed by atoms with Crippen LogP contribution in [0.3, 0.4) is 0 Å². The van der Waals surface area contributed by atoms with Crippen LogP contribution in [0.1, 0.15) is 82.6 Å². The normalized spacial score (nSPS) is 15.2. The zero-order valence-electron chi connectivity index (χ0n) is 20.5. The van der Waals surface area contributed by atoms with Crippen LogP contribution in [-0.4, -0.2) is 32.3 Å². The molecule has 1 aliphatic carbocycles. The molecule has 1 aromatic carbocycles. The molecule has 2 rings (SSSR count). The van der Waals surface area contributed by atoms with Crippen molar-refractivity contribution in [2.24, 2.45) is 0 Å². The second-order valence-electron chi connectivity index (χ2n) is 9.26. The van der Waals surface area contributed by atoms with Gasteiger partial charge in [0.2, 0.25) is 0 Å². The van der Waals surface area contributed by atoms with Crippen LogP contribution in [0.2, 0.25) is 0 Å². The second-order valence-corrected chi connectivity index (χ2v) is 11.8. The first-order valence-electron chi connectivity index (χ1n) is 11.2. The Morgan fingerprint density at radius 1 is 1.03 bits per heavy atom. The van der Waals surface area contributed by atoms with Crippen molar-refractivity contribution in [3.63, 3.8) is 0 Å². The van der Waals surface area contributed by atoms with Gasteiger partial charge in [0.25, 0.3) is 0 Å². The lowest BCUT2D eigenvalue weighted by molar-refractivity contribution is -0.117. The molecular weight excluding hydrogens is 411 g/mol. The van der Waals surface area contributed by atoms with E-state index in [0.29, 0.717) is 12.8 Å². The van der Waals surface area contributed by atoms with Gasteiger partial charge in [-0.05, 0) is 72.8 Å². The summed E-state index contributed by atoms with van der Waals surface area (Å²) in [6.07, 6.45) is 8.41. The van der Waals surface area contributed by atoms with Crippen molar-refractivity contribution in [3.05, 3.63) is 34.4 Å². The molecule has 0 aromatic heterocycles. The Bertz CT molecular complexity index is 867. The summed E-state index contributed by atoms with van der Waals surface area (Å²) >= 11 is 0. The van der Waals surface area contributed by atoms with Crippen LogP contribution in [0.5, 0.6) is 5.75 Å². The molecule has 0 saturated carbocycles. The summed E-state index contributed by atoms with van der Waals surface area (Å²) in [5.74, 6) is 0.757. The quantitative estimate of drug-likeness (QED) is 0.317. The molecule has 0 saturated heterocycles. The molecule has 31 heavy (non-hydrogen) atoms. The van der Waals surface area contributed by atoms with E-state index < -0.39 is 12.8 Å². The van der Waals surface area contributed by atoms with Crippen molar-refractivity contribution >= 4 is 19.5 Å². The number of carbonyl (C=O) groups is 1. The minimum Gasteiger partial charge on any atom is -0.496 e. The molecule has 1 aliphatic rings. The molecule has 5 nitrogen and oxygen atoms in total. The first-order chi connectivity index (χ1) is 14.5. The molecule has 0 fully saturated rings. The number of ether oxygens (including phenoxy) is 1. The summed E-state index contributed by atoms with van der Waals surface area (Å²) in [7, 11) is 0.834. The minimum atomic E-state index is -3.59. The van der Waals surface area contributed by atoms with E-state index in [4.69, 9.17) is 13.8 Å². The van der Waals surface area contributed by atoms with E-state index in [1.54, 1.807) is 13.2 Å². The third-order valence-electron chi connectivity index (χ3n) is 6.69. The molecular formula is C25H39O5P. The van der Waals surface area contributed by atoms with E-state index in [9.17, 15) is 9.36 Å². The Morgan fingerprint density at radius 2 is 1.58 bits per heavy atom. The third-order valence-corrected chi connectivity index (χ3v) is 9.56. The van der Waals surface area contributed by atoms with Gasteiger partial charge in [0.15, 0.2) is 5.78 Å². The van der Waals surface area contributed by atoms with Crippen LogP contribution in [0, 0.1) is 0 Å². The lowest BCUT2D eigenvalue weighted by Gasteiger charge is -2.34. The number of ketones is 1. The number of carbonyl (C=O) groups excluding carboxylic acids is 1. The predicted molar refractivity (Wildman–Crippen MR) is 127 cm³/mol. The highest BCUT2D eigenvalue weighted by Gasteiger charge is 2.52. The fourth-order valence-corrected chi connectivity index (χ4v) is 6.72. The van der Waals surface area contributed by atoms with Gasteiger partial charge in [0.1, 0.15) is 10.9 Å². The molecule has 0 unspecified atom stereocenters. The van der Waals surface area contributed by atoms with Crippen LogP contribution in [-0.2, 0) is 36.7 Å². The van der Waals surface area contributed by atoms with Crippen LogP contribution in [0.25, 0.3) is 6.08 Å². The zero-order chi connectivity index (χ0) is 23.4. The molecule has 0 amide bonds. The van der Waals surface area contributed by atoms with Crippen LogP contribution in [0.15, 0.2) is 12.1 Å². The lowest BCUT2D eigenvalue weighted by Crippen LogP contribution is -2.37. The van der Waals surface area contributed by atoms with E-state index in [-0.39, 0.29) is 11.2 Å². The third kappa shape index (κ3) is 4.69. The maximum atomic E-state index is 13.4. The summed E-state index contributed by atoms with van der Waals surface area (Å²) in [4.78, 5) is 13.4. The molecule has 0 N–H and O–H groups in total. The maximum Gasteiger partial charge on any atom is 0.343 e. The summed E-state index contributed by atoms with van der Waals surface area (Å²) in [6.45, 7) is 10.2. The molecule has 0 radical (unpaired) electrons. The smallest absolute Gasteiger partial charge is 0.343 e. The van der Waals surface area contributed by atoms with E-state index in [0.717, 1.165) is 42.6 Å². The Balaban J connectivity index is 2.62. The highest BCUT2D eigenvalue weighted by atomic mass is 31.2. The van der Waals surface area contributed by atoms with Crippen molar-refractivity contribution in [1.29, 1.82) is 0 Å². The number of hydrogen-bond acceptors (Lipinski definition) is 5. The fourth-order valence-electron chi connectivity index (χ4n) is 4.75. The number of allylic oxidation sites excluding steroid dienone is 1. The lowest BCUT2D eigenvalue weighted by atomic mass is 9.78. The van der Waals surface area contributed by atoms with Gasteiger partial charge in [-0.3, -0.25) is 9.36 Å². The Hall–Kier alpha value is -1.42. The summed E-state index contributed by atoms with van der Waals surface area (Å²) < 4.78 is 29.6. The zero-order valence-corrected chi connectivity index (χ0v) is 21.4. The molecule has 6 heteroatoms. The van der Waals surface area contributed by atoms with Crippen LogP contribution in [0.4, 0.5) is 0 Å². The number of rotatable bonds is 9. The average Bonchev–Trinajstić information content (AvgIpc) is 2.77. The van der Waals surface area contributed by atoms with E-state index in [1.807, 2.05) is 19.9 Å². The van der Waals surface area contributed by atoms with Crippen molar-refractivity contribution in [2.75, 3.05) is 21.3 Å². The van der Waals surface area contributed by atoms with Gasteiger partial charge in [-0.1, -0.05) is 40.7 Å². The molecule has 0 bridgehead atoms. The molecule has 1 aromatic rings. The topological polar surface area (TPSA) is 61.8 Å². The highest BCUT2D eigenvalue weighted by Crippen LogP contribution is 2.62. The first-order valence-corrected chi connectivity index (χ1v) is 12.8. The van der Waals surface area contributed by atoms with E-state index >= 15 is 0 Å². The highest BCUT2D eigenvalue weighted by molar-refractivity contribution is 7.56. The fraction of sp³-hybridized carbons (Fsp3) is 0.640. The van der Waals surface area contributed by atoms with E-state index in [2.05, 4.69) is 26.8 Å². The summed E-state index contributed by atoms with van der Waals surface area (Å²) in [6, 6.07) is 2.15. The number of fused-ring (bicyclic) bond motifs is 1. The monoisotopic (exact) mass is 450 g/mol. The van der Waals surface area contributed by atoms with Gasteiger partial charge in [-0.2, -0.15) is 0 Å². The summed E-state index contributed by atoms with van der Waals surface area (Å²) in [5, 5.41) is -1.19. The number of benzene rings is 1. The van der Waals surface area contributed by atoms with Crippen LogP contribution < -0.4 is 4.74 Å². The van der Waals surface area contributed by atoms with E-state index in [1.165, 1.54) is 25.3 Å². The number of methoxy groups -OCH3 is 1. The standard InChI is InChI=1S/C25H39O5P/c1-9-25(10-2,31(27,29-7)30-8)22(26)16-15-18-17-21(24(3,4)5)23(28-6)20-14-12-11-13-19(18)20/h15-17H,9-14H2,1-8H3/b16-15+. The van der Waals surface area contributed by atoms with Crippen LogP contribution >= 0.6 is 7.60 Å². The van der Waals surface area contributed by atoms with Gasteiger partial charge in [-0.25, -0.2) is 0 Å². The van der Waals surface area contributed by atoms with Gasteiger partial charge in [-0.15, -0.1) is 0 Å². The van der Waals surface area contributed by atoms with Gasteiger partial charge < -0.3 is 13.8 Å². The SMILES string of the molecule is CCC(CC)(C(=O)/C=C/c1cc(C(C)(C)C)c(OC)c2c1CCCC2)P(=O)(OC)OC. The van der Waals surface area contributed by atoms with Crippen molar-refractivity contribution in [1.82, 2.24) is 0 Å². The van der Waals surface area contributed by atoms with Crippen molar-refractivity contribution < 1.29 is 23.1 Å². The van der Waals surface area contributed by atoms with Gasteiger partial charge in [0.05, 0.1) is 7.11 Å². The Morgan fingerprint density at radius 3 is 2.03 bits per heavy atom. The first kappa shape index (κ1) is 25.8. The molecule has 0 spiro atoms. The van der Waals surface area contributed by atoms with Crippen molar-refractivity contribution in [2.45, 2.75) is 83.7 Å². The predicted octanol–water partition coefficient (Wildman–Crippen LogP) is 6.50. The Kier molecular flexibility index (Phi) is 8.35. The molecule has 0 heterocycles. The second kappa shape index (κ2) is 10.0. The van der Waals surface area contributed by atoms with Crippen molar-refractivity contribution in [3.8, 4) is 5.75 Å². The molecule has 174 valence electrons. The van der Waals surface area contributed by atoms with Gasteiger partial charge >= 0.3 is 7.60 Å². The average molecular weight is 451 g/mol. The van der Waals surface area contributed by atoms with Gasteiger partial charge in [0, 0.05) is 19.8 Å². The maximum absolute atomic E-state index is 13.4. The molecule has 0 aliphatic heterocycles. The molecule has 0 atom stereocenters. The Labute approximate surface area is 188 Å². The number of hydrogen-bond donors (Lipinski definition) is 0. The largest absolute Gasteiger partial charge is 0.496 e.